The zero-order valence-electron chi connectivity index (χ0n) is 28.7. The van der Waals surface area contributed by atoms with Crippen LogP contribution in [0.25, 0.3) is 0 Å². The number of amides is 5. The maximum Gasteiger partial charge on any atom is 0.255 e. The van der Waals surface area contributed by atoms with E-state index in [-0.39, 0.29) is 62.1 Å². The summed E-state index contributed by atoms with van der Waals surface area (Å²) < 4.78 is 20.1. The number of para-hydroxylation sites is 1. The normalized spacial score (nSPS) is 19.6. The Labute approximate surface area is 292 Å². The van der Waals surface area contributed by atoms with Crippen LogP contribution in [0.15, 0.2) is 78.9 Å². The molecular formula is C38H46FN5O6. The number of halogens is 1. The van der Waals surface area contributed by atoms with Crippen LogP contribution in [0.4, 0.5) is 4.39 Å². The molecule has 0 fully saturated rings. The van der Waals surface area contributed by atoms with E-state index < -0.39 is 54.0 Å². The molecule has 3 atom stereocenters. The van der Waals surface area contributed by atoms with Gasteiger partial charge in [0.15, 0.2) is 0 Å². The molecule has 0 bridgehead atoms. The number of carbonyl (C=O) groups excluding carboxylic acids is 5. The van der Waals surface area contributed by atoms with Crippen LogP contribution in [-0.4, -0.2) is 79.3 Å². The summed E-state index contributed by atoms with van der Waals surface area (Å²) in [6.45, 7) is 4.30. The van der Waals surface area contributed by atoms with Gasteiger partial charge in [0.05, 0.1) is 18.6 Å². The Kier molecular flexibility index (Phi) is 13.9. The van der Waals surface area contributed by atoms with Gasteiger partial charge in [-0.3, -0.25) is 24.0 Å². The third kappa shape index (κ3) is 10.9. The number of carbonyl (C=O) groups is 5. The molecule has 1 heterocycles. The fraction of sp³-hybridized carbons (Fsp3) is 0.395. The second-order valence-corrected chi connectivity index (χ2v) is 12.8. The number of likely N-dealkylation sites (N-methyl/N-ethyl adjacent to an activating group) is 1. The topological polar surface area (TPSA) is 146 Å². The third-order valence-corrected chi connectivity index (χ3v) is 8.44. The SMILES string of the molecule is CC(C)C[C@H]1C(=O)N[C@@H](Cc2ccccc2)C(=O)NCCCOc2ccccc2C(=O)N[C@H](C(=O)NCCc2ccccc2F)CC(=O)N1C. The molecule has 0 aromatic heterocycles. The minimum absolute atomic E-state index is 0.00561. The first-order chi connectivity index (χ1) is 24.0. The standard InChI is InChI=1S/C38H46FN5O6/c1-25(2)22-32-38(49)43-30(23-26-12-5-4-6-13-26)36(47)40-19-11-21-50-33-17-10-8-15-28(33)35(46)42-31(24-34(45)44(32)3)37(48)41-20-18-27-14-7-9-16-29(27)39/h4-10,12-17,25,30-32H,11,18-24H2,1-3H3,(H,40,47)(H,41,48)(H,42,46)(H,43,49)/t30-,31-,32-/m0/s1. The zero-order valence-corrected chi connectivity index (χ0v) is 28.7. The first-order valence-corrected chi connectivity index (χ1v) is 16.9. The minimum atomic E-state index is -1.33. The van der Waals surface area contributed by atoms with E-state index in [0.29, 0.717) is 12.0 Å². The Bertz CT molecular complexity index is 1630. The van der Waals surface area contributed by atoms with Crippen LogP contribution in [0.1, 0.15) is 54.6 Å². The Morgan fingerprint density at radius 3 is 2.38 bits per heavy atom. The lowest BCUT2D eigenvalue weighted by molar-refractivity contribution is -0.141. The van der Waals surface area contributed by atoms with Gasteiger partial charge in [-0.2, -0.15) is 0 Å². The number of benzene rings is 3. The fourth-order valence-corrected chi connectivity index (χ4v) is 5.67. The average Bonchev–Trinajstić information content (AvgIpc) is 3.10. The molecule has 0 radical (unpaired) electrons. The summed E-state index contributed by atoms with van der Waals surface area (Å²) in [5, 5.41) is 11.1. The van der Waals surface area contributed by atoms with Crippen LogP contribution in [0.5, 0.6) is 5.75 Å². The van der Waals surface area contributed by atoms with Crippen LogP contribution >= 0.6 is 0 Å². The van der Waals surface area contributed by atoms with Gasteiger partial charge in [0.2, 0.25) is 23.6 Å². The van der Waals surface area contributed by atoms with Gasteiger partial charge >= 0.3 is 0 Å². The van der Waals surface area contributed by atoms with Crippen molar-refractivity contribution in [3.63, 3.8) is 0 Å². The highest BCUT2D eigenvalue weighted by atomic mass is 19.1. The molecule has 1 aliphatic heterocycles. The highest BCUT2D eigenvalue weighted by Crippen LogP contribution is 2.19. The predicted molar refractivity (Wildman–Crippen MR) is 187 cm³/mol. The molecule has 0 saturated carbocycles. The largest absolute Gasteiger partial charge is 0.493 e. The van der Waals surface area contributed by atoms with Crippen molar-refractivity contribution >= 4 is 29.5 Å². The predicted octanol–water partition coefficient (Wildman–Crippen LogP) is 3.17. The lowest BCUT2D eigenvalue weighted by Gasteiger charge is -2.31. The van der Waals surface area contributed by atoms with Crippen molar-refractivity contribution in [2.45, 2.75) is 64.1 Å². The molecule has 3 aromatic carbocycles. The van der Waals surface area contributed by atoms with Gasteiger partial charge in [-0.1, -0.05) is 74.5 Å². The molecule has 0 aliphatic carbocycles. The molecule has 11 nitrogen and oxygen atoms in total. The van der Waals surface area contributed by atoms with Gasteiger partial charge in [-0.15, -0.1) is 0 Å². The molecule has 4 N–H and O–H groups in total. The van der Waals surface area contributed by atoms with Crippen molar-refractivity contribution in [2.24, 2.45) is 5.92 Å². The lowest BCUT2D eigenvalue weighted by atomic mass is 9.99. The Balaban J connectivity index is 1.62. The molecule has 4 rings (SSSR count). The van der Waals surface area contributed by atoms with Crippen LogP contribution in [0, 0.1) is 11.7 Å². The number of hydrogen-bond donors (Lipinski definition) is 4. The number of nitrogens with one attached hydrogen (secondary N) is 4. The number of nitrogens with zero attached hydrogens (tertiary/aromatic N) is 1. The third-order valence-electron chi connectivity index (χ3n) is 8.44. The van der Waals surface area contributed by atoms with Gasteiger partial charge in [-0.25, -0.2) is 4.39 Å². The summed E-state index contributed by atoms with van der Waals surface area (Å²) in [7, 11) is 1.47. The molecule has 12 heteroatoms. The van der Waals surface area contributed by atoms with Crippen molar-refractivity contribution < 1.29 is 33.1 Å². The highest BCUT2D eigenvalue weighted by molar-refractivity contribution is 6.01. The minimum Gasteiger partial charge on any atom is -0.493 e. The highest BCUT2D eigenvalue weighted by Gasteiger charge is 2.34. The Morgan fingerprint density at radius 2 is 1.64 bits per heavy atom. The first-order valence-electron chi connectivity index (χ1n) is 16.9. The van der Waals surface area contributed by atoms with Crippen LogP contribution in [0.3, 0.4) is 0 Å². The van der Waals surface area contributed by atoms with E-state index in [2.05, 4.69) is 21.3 Å². The summed E-state index contributed by atoms with van der Waals surface area (Å²) in [4.78, 5) is 69.5. The Hall–Kier alpha value is -5.26. The summed E-state index contributed by atoms with van der Waals surface area (Å²) in [6, 6.07) is 18.8. The van der Waals surface area contributed by atoms with Gasteiger partial charge < -0.3 is 30.9 Å². The van der Waals surface area contributed by atoms with Gasteiger partial charge in [0, 0.05) is 26.6 Å². The van der Waals surface area contributed by atoms with Crippen molar-refractivity contribution in [1.29, 1.82) is 0 Å². The molecule has 5 amide bonds. The maximum absolute atomic E-state index is 14.2. The zero-order chi connectivity index (χ0) is 36.0. The summed E-state index contributed by atoms with van der Waals surface area (Å²) in [5.41, 5.74) is 1.41. The molecule has 0 unspecified atom stereocenters. The van der Waals surface area contributed by atoms with Gasteiger partial charge in [-0.05, 0) is 54.5 Å². The average molecular weight is 688 g/mol. The van der Waals surface area contributed by atoms with E-state index in [1.54, 1.807) is 42.5 Å². The van der Waals surface area contributed by atoms with E-state index in [1.165, 1.54) is 18.0 Å². The van der Waals surface area contributed by atoms with E-state index in [9.17, 15) is 28.4 Å². The van der Waals surface area contributed by atoms with Crippen LogP contribution in [-0.2, 0) is 32.0 Å². The van der Waals surface area contributed by atoms with E-state index >= 15 is 0 Å². The van der Waals surface area contributed by atoms with Crippen molar-refractivity contribution in [2.75, 3.05) is 26.7 Å². The van der Waals surface area contributed by atoms with Crippen molar-refractivity contribution in [3.8, 4) is 5.75 Å². The second kappa shape index (κ2) is 18.5. The number of hydrogen-bond acceptors (Lipinski definition) is 6. The van der Waals surface area contributed by atoms with Gasteiger partial charge in [0.1, 0.15) is 29.7 Å². The van der Waals surface area contributed by atoms with E-state index in [0.717, 1.165) is 5.56 Å². The second-order valence-electron chi connectivity index (χ2n) is 12.8. The van der Waals surface area contributed by atoms with E-state index in [1.807, 2.05) is 44.2 Å². The molecular weight excluding hydrogens is 641 g/mol. The maximum atomic E-state index is 14.2. The van der Waals surface area contributed by atoms with Crippen molar-refractivity contribution in [3.05, 3.63) is 101 Å². The van der Waals surface area contributed by atoms with E-state index in [4.69, 9.17) is 4.74 Å². The summed E-state index contributed by atoms with van der Waals surface area (Å²) in [6.07, 6.45) is 0.651. The number of rotatable bonds is 8. The van der Waals surface area contributed by atoms with Crippen LogP contribution < -0.4 is 26.0 Å². The monoisotopic (exact) mass is 687 g/mol. The molecule has 0 saturated heterocycles. The smallest absolute Gasteiger partial charge is 0.255 e. The molecule has 266 valence electrons. The lowest BCUT2D eigenvalue weighted by Crippen LogP contribution is -2.56. The molecule has 3 aromatic rings. The molecule has 0 spiro atoms. The van der Waals surface area contributed by atoms with Gasteiger partial charge in [0.25, 0.3) is 5.91 Å². The quantitative estimate of drug-likeness (QED) is 0.286. The molecule has 1 aliphatic rings. The molecule has 50 heavy (non-hydrogen) atoms. The number of fused-ring (bicyclic) bond motifs is 1. The summed E-state index contributed by atoms with van der Waals surface area (Å²) >= 11 is 0. The van der Waals surface area contributed by atoms with Crippen molar-refractivity contribution in [1.82, 2.24) is 26.2 Å². The number of ether oxygens (including phenoxy) is 1. The fourth-order valence-electron chi connectivity index (χ4n) is 5.67. The van der Waals surface area contributed by atoms with Crippen LogP contribution in [0.2, 0.25) is 0 Å². The first kappa shape index (κ1) is 37.6. The Morgan fingerprint density at radius 1 is 0.940 bits per heavy atom. The summed E-state index contributed by atoms with van der Waals surface area (Å²) in [5.74, 6) is -2.90.